The average Bonchev–Trinajstić information content (AvgIpc) is 2.73. The first kappa shape index (κ1) is 21.7. The fraction of sp³-hybridized carbons (Fsp3) is 0.192. The highest BCUT2D eigenvalue weighted by Gasteiger charge is 2.35. The molecule has 0 aromatic heterocycles. The number of rotatable bonds is 4. The van der Waals surface area contributed by atoms with E-state index >= 15 is 0 Å². The molecule has 1 aliphatic heterocycles. The van der Waals surface area contributed by atoms with E-state index in [0.717, 1.165) is 21.9 Å². The third-order valence-corrected chi connectivity index (χ3v) is 5.56. The Morgan fingerprint density at radius 3 is 2.50 bits per heavy atom. The highest BCUT2D eigenvalue weighted by Crippen LogP contribution is 2.33. The summed E-state index contributed by atoms with van der Waals surface area (Å²) in [6.45, 7) is 7.77. The van der Waals surface area contributed by atoms with E-state index in [1.54, 1.807) is 6.08 Å². The zero-order chi connectivity index (χ0) is 23.0. The summed E-state index contributed by atoms with van der Waals surface area (Å²) in [5.74, 6) is -0.378. The first-order valence-electron chi connectivity index (χ1n) is 10.4. The molecule has 32 heavy (non-hydrogen) atoms. The lowest BCUT2D eigenvalue weighted by Crippen LogP contribution is -2.54. The van der Waals surface area contributed by atoms with Crippen LogP contribution in [0, 0.1) is 13.8 Å². The third kappa shape index (κ3) is 4.01. The molecule has 3 aromatic rings. The van der Waals surface area contributed by atoms with Gasteiger partial charge in [0.25, 0.3) is 11.8 Å². The molecule has 6 heteroatoms. The Hall–Kier alpha value is -3.51. The second-order valence-electron chi connectivity index (χ2n) is 8.11. The lowest BCUT2D eigenvalue weighted by atomic mass is 9.99. The van der Waals surface area contributed by atoms with Crippen LogP contribution in [0.1, 0.15) is 30.5 Å². The number of fused-ring (bicyclic) bond motifs is 1. The van der Waals surface area contributed by atoms with Gasteiger partial charge in [0.05, 0.1) is 11.8 Å². The van der Waals surface area contributed by atoms with Gasteiger partial charge < -0.3 is 4.74 Å². The van der Waals surface area contributed by atoms with E-state index in [1.807, 2.05) is 82.3 Å². The molecule has 4 rings (SSSR count). The summed E-state index contributed by atoms with van der Waals surface area (Å²) in [6.07, 6.45) is 1.54. The van der Waals surface area contributed by atoms with Gasteiger partial charge in [-0.15, -0.1) is 0 Å². The molecule has 0 spiro atoms. The maximum atomic E-state index is 13.5. The predicted molar refractivity (Wildman–Crippen MR) is 132 cm³/mol. The van der Waals surface area contributed by atoms with Gasteiger partial charge in [0.15, 0.2) is 5.11 Å². The second kappa shape index (κ2) is 8.55. The van der Waals surface area contributed by atoms with Crippen LogP contribution in [0.15, 0.2) is 60.2 Å². The number of hydrogen-bond donors (Lipinski definition) is 1. The summed E-state index contributed by atoms with van der Waals surface area (Å²) in [4.78, 5) is 27.8. The SMILES string of the molecule is Cc1ccc(N2C(=O)/C(=C/c3c(OC(C)C)ccc4ccccc34)C(=O)NC2=S)c(C)c1. The monoisotopic (exact) mass is 444 g/mol. The van der Waals surface area contributed by atoms with Crippen molar-refractivity contribution in [2.45, 2.75) is 33.8 Å². The van der Waals surface area contributed by atoms with Crippen LogP contribution >= 0.6 is 12.2 Å². The molecular weight excluding hydrogens is 420 g/mol. The molecule has 162 valence electrons. The van der Waals surface area contributed by atoms with Crippen molar-refractivity contribution in [1.82, 2.24) is 5.32 Å². The molecule has 0 unspecified atom stereocenters. The van der Waals surface area contributed by atoms with E-state index in [9.17, 15) is 9.59 Å². The lowest BCUT2D eigenvalue weighted by Gasteiger charge is -2.30. The van der Waals surface area contributed by atoms with E-state index < -0.39 is 11.8 Å². The Balaban J connectivity index is 1.88. The van der Waals surface area contributed by atoms with Gasteiger partial charge in [-0.3, -0.25) is 19.8 Å². The topological polar surface area (TPSA) is 58.6 Å². The number of aryl methyl sites for hydroxylation is 2. The van der Waals surface area contributed by atoms with Gasteiger partial charge in [-0.2, -0.15) is 0 Å². The molecular formula is C26H24N2O3S. The van der Waals surface area contributed by atoms with Crippen LogP contribution in [0.25, 0.3) is 16.8 Å². The number of anilines is 1. The summed E-state index contributed by atoms with van der Waals surface area (Å²) in [5, 5.41) is 4.62. The number of ether oxygens (including phenoxy) is 1. The van der Waals surface area contributed by atoms with Gasteiger partial charge in [-0.25, -0.2) is 0 Å². The Labute approximate surface area is 192 Å². The summed E-state index contributed by atoms with van der Waals surface area (Å²) in [6, 6.07) is 17.4. The minimum Gasteiger partial charge on any atom is -0.490 e. The van der Waals surface area contributed by atoms with E-state index in [2.05, 4.69) is 5.32 Å². The summed E-state index contributed by atoms with van der Waals surface area (Å²) in [7, 11) is 0. The van der Waals surface area contributed by atoms with Crippen LogP contribution in [0.3, 0.4) is 0 Å². The summed E-state index contributed by atoms with van der Waals surface area (Å²) in [5.41, 5.74) is 3.30. The van der Waals surface area contributed by atoms with Crippen LogP contribution in [-0.4, -0.2) is 23.0 Å². The third-order valence-electron chi connectivity index (χ3n) is 5.28. The minimum absolute atomic E-state index is 0.00327. The van der Waals surface area contributed by atoms with Crippen molar-refractivity contribution in [3.8, 4) is 5.75 Å². The molecule has 1 aliphatic rings. The van der Waals surface area contributed by atoms with Crippen LogP contribution in [-0.2, 0) is 9.59 Å². The van der Waals surface area contributed by atoms with E-state index in [0.29, 0.717) is 17.0 Å². The summed E-state index contributed by atoms with van der Waals surface area (Å²) >= 11 is 5.35. The van der Waals surface area contributed by atoms with Gasteiger partial charge in [-0.05, 0) is 74.5 Å². The molecule has 0 saturated carbocycles. The van der Waals surface area contributed by atoms with E-state index in [-0.39, 0.29) is 16.8 Å². The van der Waals surface area contributed by atoms with Gasteiger partial charge >= 0.3 is 0 Å². The standard InChI is InChI=1S/C26H24N2O3S/c1-15(2)31-23-12-10-18-7-5-6-8-19(18)20(23)14-21-24(29)27-26(32)28(25(21)30)22-11-9-16(3)13-17(22)4/h5-15H,1-4H3,(H,27,29,32)/b21-14+. The number of nitrogens with zero attached hydrogens (tertiary/aromatic N) is 1. The molecule has 0 aliphatic carbocycles. The average molecular weight is 445 g/mol. The van der Waals surface area contributed by atoms with Crippen LogP contribution in [0.5, 0.6) is 5.75 Å². The second-order valence-corrected chi connectivity index (χ2v) is 8.50. The predicted octanol–water partition coefficient (Wildman–Crippen LogP) is 5.08. The summed E-state index contributed by atoms with van der Waals surface area (Å²) < 4.78 is 6.00. The van der Waals surface area contributed by atoms with Gasteiger partial charge in [0.1, 0.15) is 11.3 Å². The van der Waals surface area contributed by atoms with Crippen molar-refractivity contribution in [1.29, 1.82) is 0 Å². The van der Waals surface area contributed by atoms with E-state index in [1.165, 1.54) is 4.90 Å². The van der Waals surface area contributed by atoms with Gasteiger partial charge in [0, 0.05) is 5.56 Å². The van der Waals surface area contributed by atoms with Crippen LogP contribution in [0.2, 0.25) is 0 Å². The van der Waals surface area contributed by atoms with Crippen LogP contribution in [0.4, 0.5) is 5.69 Å². The molecule has 1 saturated heterocycles. The van der Waals surface area contributed by atoms with Gasteiger partial charge in [0.2, 0.25) is 0 Å². The smallest absolute Gasteiger partial charge is 0.270 e. The number of amides is 2. The first-order valence-corrected chi connectivity index (χ1v) is 10.8. The van der Waals surface area contributed by atoms with Gasteiger partial charge in [-0.1, -0.05) is 48.0 Å². The van der Waals surface area contributed by atoms with Crippen LogP contribution < -0.4 is 15.0 Å². The quantitative estimate of drug-likeness (QED) is 0.347. The molecule has 0 bridgehead atoms. The molecule has 1 N–H and O–H groups in total. The Kier molecular flexibility index (Phi) is 5.80. The zero-order valence-electron chi connectivity index (χ0n) is 18.4. The van der Waals surface area contributed by atoms with Crippen molar-refractivity contribution in [3.05, 3.63) is 76.9 Å². The highest BCUT2D eigenvalue weighted by atomic mass is 32.1. The van der Waals surface area contributed by atoms with Crippen molar-refractivity contribution < 1.29 is 14.3 Å². The maximum absolute atomic E-state index is 13.5. The normalized spacial score (nSPS) is 15.6. The highest BCUT2D eigenvalue weighted by molar-refractivity contribution is 7.80. The fourth-order valence-corrected chi connectivity index (χ4v) is 4.13. The molecule has 1 fully saturated rings. The Morgan fingerprint density at radius 2 is 1.78 bits per heavy atom. The Bertz CT molecular complexity index is 1290. The number of carbonyl (C=O) groups is 2. The number of nitrogens with one attached hydrogen (secondary N) is 1. The fourth-order valence-electron chi connectivity index (χ4n) is 3.86. The Morgan fingerprint density at radius 1 is 1.03 bits per heavy atom. The van der Waals surface area contributed by atoms with Crippen molar-refractivity contribution in [2.24, 2.45) is 0 Å². The van der Waals surface area contributed by atoms with Crippen molar-refractivity contribution in [2.75, 3.05) is 4.90 Å². The van der Waals surface area contributed by atoms with E-state index in [4.69, 9.17) is 17.0 Å². The molecule has 3 aromatic carbocycles. The first-order chi connectivity index (χ1) is 15.3. The van der Waals surface area contributed by atoms with Crippen molar-refractivity contribution >= 4 is 51.7 Å². The maximum Gasteiger partial charge on any atom is 0.270 e. The largest absolute Gasteiger partial charge is 0.490 e. The van der Waals surface area contributed by atoms with Crippen molar-refractivity contribution in [3.63, 3.8) is 0 Å². The molecule has 5 nitrogen and oxygen atoms in total. The number of hydrogen-bond acceptors (Lipinski definition) is 4. The molecule has 1 heterocycles. The number of thiocarbonyl (C=S) groups is 1. The zero-order valence-corrected chi connectivity index (χ0v) is 19.2. The number of benzene rings is 3. The lowest BCUT2D eigenvalue weighted by molar-refractivity contribution is -0.122. The number of carbonyl (C=O) groups excluding carboxylic acids is 2. The minimum atomic E-state index is -0.524. The molecule has 0 radical (unpaired) electrons. The molecule has 0 atom stereocenters. The molecule has 2 amide bonds.